The fourth-order valence-corrected chi connectivity index (χ4v) is 3.26. The number of nitrogens with zero attached hydrogens (tertiary/aromatic N) is 1. The zero-order chi connectivity index (χ0) is 17.3. The molecule has 126 valence electrons. The minimum Gasteiger partial charge on any atom is -0.466 e. The van der Waals surface area contributed by atoms with Gasteiger partial charge in [-0.1, -0.05) is 0 Å². The Morgan fingerprint density at radius 3 is 2.88 bits per heavy atom. The van der Waals surface area contributed by atoms with Crippen LogP contribution >= 0.6 is 11.3 Å². The quantitative estimate of drug-likeness (QED) is 0.740. The number of thiazole rings is 1. The number of aliphatic hydroxyl groups is 1. The Hall–Kier alpha value is -2.38. The molecule has 1 atom stereocenters. The van der Waals surface area contributed by atoms with Crippen molar-refractivity contribution < 1.29 is 18.7 Å². The number of furan rings is 2. The highest BCUT2D eigenvalue weighted by molar-refractivity contribution is 7.13. The molecule has 6 nitrogen and oxygen atoms in total. The zero-order valence-corrected chi connectivity index (χ0v) is 14.4. The van der Waals surface area contributed by atoms with Crippen molar-refractivity contribution in [3.8, 4) is 10.8 Å². The first-order chi connectivity index (χ1) is 11.4. The summed E-state index contributed by atoms with van der Waals surface area (Å²) < 4.78 is 10.7. The molecule has 0 aliphatic carbocycles. The van der Waals surface area contributed by atoms with E-state index in [0.29, 0.717) is 27.8 Å². The predicted molar refractivity (Wildman–Crippen MR) is 89.9 cm³/mol. The summed E-state index contributed by atoms with van der Waals surface area (Å²) in [6.07, 6.45) is 1.56. The van der Waals surface area contributed by atoms with Gasteiger partial charge in [0.05, 0.1) is 12.8 Å². The van der Waals surface area contributed by atoms with Gasteiger partial charge < -0.3 is 19.3 Å². The van der Waals surface area contributed by atoms with Gasteiger partial charge in [0, 0.05) is 10.9 Å². The molecular formula is C17H18N2O4S. The van der Waals surface area contributed by atoms with E-state index in [1.807, 2.05) is 6.92 Å². The first kappa shape index (κ1) is 16.5. The lowest BCUT2D eigenvalue weighted by molar-refractivity contribution is 0.0513. The van der Waals surface area contributed by atoms with Gasteiger partial charge in [0.25, 0.3) is 5.91 Å². The van der Waals surface area contributed by atoms with E-state index in [0.717, 1.165) is 5.76 Å². The van der Waals surface area contributed by atoms with Gasteiger partial charge in [-0.25, -0.2) is 4.98 Å². The van der Waals surface area contributed by atoms with E-state index in [9.17, 15) is 9.90 Å². The Morgan fingerprint density at radius 1 is 1.46 bits per heavy atom. The standard InChI is InChI=1S/C17H18N2O4S/c1-10-7-12(11(2)23-10)17(3,21)9-18-15(20)13-8-24-16(19-13)14-5-4-6-22-14/h4-8,21H,9H2,1-3H3,(H,18,20). The maximum Gasteiger partial charge on any atom is 0.270 e. The van der Waals surface area contributed by atoms with Crippen molar-refractivity contribution in [1.82, 2.24) is 10.3 Å². The maximum atomic E-state index is 12.3. The number of aromatic nitrogens is 1. The highest BCUT2D eigenvalue weighted by Gasteiger charge is 2.28. The normalized spacial score (nSPS) is 13.7. The van der Waals surface area contributed by atoms with Gasteiger partial charge in [-0.3, -0.25) is 4.79 Å². The first-order valence-corrected chi connectivity index (χ1v) is 8.32. The summed E-state index contributed by atoms with van der Waals surface area (Å²) in [5, 5.41) is 15.6. The minimum absolute atomic E-state index is 0.0548. The van der Waals surface area contributed by atoms with Crippen LogP contribution in [0.25, 0.3) is 10.8 Å². The highest BCUT2D eigenvalue weighted by atomic mass is 32.1. The molecule has 7 heteroatoms. The summed E-state index contributed by atoms with van der Waals surface area (Å²) in [5.74, 6) is 1.63. The van der Waals surface area contributed by atoms with Crippen molar-refractivity contribution in [2.75, 3.05) is 6.54 Å². The van der Waals surface area contributed by atoms with Gasteiger partial charge in [0.1, 0.15) is 22.8 Å². The van der Waals surface area contributed by atoms with Gasteiger partial charge in [0.2, 0.25) is 0 Å². The van der Waals surface area contributed by atoms with E-state index in [4.69, 9.17) is 8.83 Å². The summed E-state index contributed by atoms with van der Waals surface area (Å²) in [5.41, 5.74) is -0.269. The average Bonchev–Trinajstić information content (AvgIpc) is 3.24. The molecule has 1 unspecified atom stereocenters. The molecule has 0 bridgehead atoms. The molecule has 1 amide bonds. The van der Waals surface area contributed by atoms with E-state index in [-0.39, 0.29) is 12.5 Å². The SMILES string of the molecule is Cc1cc(C(C)(O)CNC(=O)c2csc(-c3ccco3)n2)c(C)o1. The Balaban J connectivity index is 1.68. The number of carbonyl (C=O) groups excluding carboxylic acids is 1. The molecule has 0 saturated heterocycles. The van der Waals surface area contributed by atoms with E-state index >= 15 is 0 Å². The summed E-state index contributed by atoms with van der Waals surface area (Å²) in [4.78, 5) is 16.5. The molecule has 2 N–H and O–H groups in total. The summed E-state index contributed by atoms with van der Waals surface area (Å²) in [6.45, 7) is 5.30. The van der Waals surface area contributed by atoms with Crippen molar-refractivity contribution in [2.24, 2.45) is 0 Å². The van der Waals surface area contributed by atoms with Crippen molar-refractivity contribution in [1.29, 1.82) is 0 Å². The number of aryl methyl sites for hydroxylation is 2. The Kier molecular flexibility index (Phi) is 4.29. The van der Waals surface area contributed by atoms with Crippen LogP contribution in [0.15, 0.2) is 38.7 Å². The lowest BCUT2D eigenvalue weighted by Crippen LogP contribution is -2.38. The largest absolute Gasteiger partial charge is 0.466 e. The maximum absolute atomic E-state index is 12.3. The van der Waals surface area contributed by atoms with Crippen LogP contribution in [0, 0.1) is 13.8 Å². The van der Waals surface area contributed by atoms with Crippen molar-refractivity contribution in [2.45, 2.75) is 26.4 Å². The van der Waals surface area contributed by atoms with E-state index in [1.165, 1.54) is 11.3 Å². The zero-order valence-electron chi connectivity index (χ0n) is 13.6. The van der Waals surface area contributed by atoms with E-state index < -0.39 is 5.60 Å². The lowest BCUT2D eigenvalue weighted by atomic mass is 9.96. The topological polar surface area (TPSA) is 88.5 Å². The van der Waals surface area contributed by atoms with Gasteiger partial charge in [-0.2, -0.15) is 0 Å². The summed E-state index contributed by atoms with van der Waals surface area (Å²) in [7, 11) is 0. The number of hydrogen-bond acceptors (Lipinski definition) is 6. The molecule has 3 heterocycles. The molecule has 0 radical (unpaired) electrons. The number of nitrogens with one attached hydrogen (secondary N) is 1. The molecule has 3 rings (SSSR count). The van der Waals surface area contributed by atoms with Gasteiger partial charge in [-0.15, -0.1) is 11.3 Å². The highest BCUT2D eigenvalue weighted by Crippen LogP contribution is 2.27. The third-order valence-corrected chi connectivity index (χ3v) is 4.54. The summed E-state index contributed by atoms with van der Waals surface area (Å²) in [6, 6.07) is 5.33. The lowest BCUT2D eigenvalue weighted by Gasteiger charge is -2.23. The molecule has 3 aromatic heterocycles. The fourth-order valence-electron chi connectivity index (χ4n) is 2.50. The van der Waals surface area contributed by atoms with Crippen LogP contribution in [-0.4, -0.2) is 22.5 Å². The van der Waals surface area contributed by atoms with Gasteiger partial charge >= 0.3 is 0 Å². The number of carbonyl (C=O) groups is 1. The van der Waals surface area contributed by atoms with E-state index in [1.54, 1.807) is 43.7 Å². The first-order valence-electron chi connectivity index (χ1n) is 7.44. The van der Waals surface area contributed by atoms with Crippen LogP contribution in [0.5, 0.6) is 0 Å². The van der Waals surface area contributed by atoms with Crippen molar-refractivity contribution >= 4 is 17.2 Å². The fraction of sp³-hybridized carbons (Fsp3) is 0.294. The Bertz CT molecular complexity index is 846. The second kappa shape index (κ2) is 6.26. The van der Waals surface area contributed by atoms with Crippen LogP contribution in [0.4, 0.5) is 0 Å². The molecule has 0 aromatic carbocycles. The second-order valence-corrected chi connectivity index (χ2v) is 6.66. The Morgan fingerprint density at radius 2 is 2.25 bits per heavy atom. The molecular weight excluding hydrogens is 328 g/mol. The smallest absolute Gasteiger partial charge is 0.270 e. The predicted octanol–water partition coefficient (Wildman–Crippen LogP) is 3.25. The van der Waals surface area contributed by atoms with Crippen LogP contribution < -0.4 is 5.32 Å². The Labute approximate surface area is 143 Å². The van der Waals surface area contributed by atoms with E-state index in [2.05, 4.69) is 10.3 Å². The molecule has 0 aliphatic heterocycles. The third kappa shape index (κ3) is 3.27. The molecule has 3 aromatic rings. The number of hydrogen-bond donors (Lipinski definition) is 2. The third-order valence-electron chi connectivity index (χ3n) is 3.68. The van der Waals surface area contributed by atoms with Crippen molar-refractivity contribution in [3.05, 3.63) is 52.6 Å². The van der Waals surface area contributed by atoms with Gasteiger partial charge in [-0.05, 0) is 39.0 Å². The van der Waals surface area contributed by atoms with Crippen LogP contribution in [0.2, 0.25) is 0 Å². The number of amides is 1. The molecule has 24 heavy (non-hydrogen) atoms. The molecule has 0 spiro atoms. The van der Waals surface area contributed by atoms with Crippen LogP contribution in [0.1, 0.15) is 34.5 Å². The van der Waals surface area contributed by atoms with Crippen LogP contribution in [-0.2, 0) is 5.60 Å². The van der Waals surface area contributed by atoms with Gasteiger partial charge in [0.15, 0.2) is 10.8 Å². The monoisotopic (exact) mass is 346 g/mol. The molecule has 0 aliphatic rings. The second-order valence-electron chi connectivity index (χ2n) is 5.80. The average molecular weight is 346 g/mol. The van der Waals surface area contributed by atoms with Crippen molar-refractivity contribution in [3.63, 3.8) is 0 Å². The molecule has 0 saturated carbocycles. The summed E-state index contributed by atoms with van der Waals surface area (Å²) >= 11 is 1.33. The molecule has 0 fully saturated rings. The minimum atomic E-state index is -1.22. The van der Waals surface area contributed by atoms with Crippen LogP contribution in [0.3, 0.4) is 0 Å². The number of rotatable bonds is 5.